The van der Waals surface area contributed by atoms with Gasteiger partial charge in [-0.2, -0.15) is 0 Å². The van der Waals surface area contributed by atoms with Crippen LogP contribution in [0.25, 0.3) is 0 Å². The second-order valence-corrected chi connectivity index (χ2v) is 7.82. The van der Waals surface area contributed by atoms with Gasteiger partial charge in [0, 0.05) is 11.3 Å². The average Bonchev–Trinajstić information content (AvgIpc) is 3.14. The van der Waals surface area contributed by atoms with Gasteiger partial charge in [0.25, 0.3) is 5.91 Å². The van der Waals surface area contributed by atoms with E-state index in [0.717, 1.165) is 24.0 Å². The molecule has 1 aliphatic rings. The quantitative estimate of drug-likeness (QED) is 0.540. The summed E-state index contributed by atoms with van der Waals surface area (Å²) < 4.78 is 5.44. The molecule has 1 aliphatic heterocycles. The van der Waals surface area contributed by atoms with Crippen LogP contribution >= 0.6 is 11.8 Å². The minimum Gasteiger partial charge on any atom is -0.464 e. The summed E-state index contributed by atoms with van der Waals surface area (Å²) in [6, 6.07) is 16.8. The first-order chi connectivity index (χ1) is 13.1. The molecule has 1 saturated heterocycles. The topological polar surface area (TPSA) is 46.6 Å². The Morgan fingerprint density at radius 3 is 2.48 bits per heavy atom. The predicted molar refractivity (Wildman–Crippen MR) is 109 cm³/mol. The Balaban J connectivity index is 1.88. The van der Waals surface area contributed by atoms with Gasteiger partial charge in [-0.1, -0.05) is 61.4 Å². The van der Waals surface area contributed by atoms with Crippen LogP contribution in [0.15, 0.2) is 54.6 Å². The molecule has 0 aliphatic carbocycles. The third-order valence-corrected chi connectivity index (χ3v) is 5.96. The Morgan fingerprint density at radius 2 is 1.81 bits per heavy atom. The maximum Gasteiger partial charge on any atom is 0.329 e. The van der Waals surface area contributed by atoms with Crippen LogP contribution < -0.4 is 0 Å². The van der Waals surface area contributed by atoms with Crippen molar-refractivity contribution in [2.75, 3.05) is 12.4 Å². The van der Waals surface area contributed by atoms with Crippen LogP contribution in [0.4, 0.5) is 0 Å². The van der Waals surface area contributed by atoms with E-state index in [0.29, 0.717) is 17.9 Å². The zero-order chi connectivity index (χ0) is 19.2. The van der Waals surface area contributed by atoms with Gasteiger partial charge in [0.2, 0.25) is 0 Å². The number of benzene rings is 2. The minimum absolute atomic E-state index is 0.133. The molecule has 142 valence electrons. The van der Waals surface area contributed by atoms with Gasteiger partial charge in [0.1, 0.15) is 11.4 Å². The van der Waals surface area contributed by atoms with Gasteiger partial charge in [0.15, 0.2) is 0 Å². The standard InChI is InChI=1S/C22H25NO3S/c1-3-4-14-26-22(25)19-15-27-21(18-8-6-5-7-9-18)23(19)20(24)17-12-10-16(2)11-13-17/h5-13,19,21H,3-4,14-15H2,1-2H3. The van der Waals surface area contributed by atoms with E-state index < -0.39 is 6.04 Å². The highest BCUT2D eigenvalue weighted by molar-refractivity contribution is 7.99. The third kappa shape index (κ3) is 4.53. The van der Waals surface area contributed by atoms with Crippen LogP contribution in [-0.2, 0) is 9.53 Å². The monoisotopic (exact) mass is 383 g/mol. The Kier molecular flexibility index (Phi) is 6.56. The van der Waals surface area contributed by atoms with Crippen molar-refractivity contribution >= 4 is 23.6 Å². The van der Waals surface area contributed by atoms with Crippen LogP contribution in [0.1, 0.15) is 46.6 Å². The summed E-state index contributed by atoms with van der Waals surface area (Å²) in [7, 11) is 0. The lowest BCUT2D eigenvalue weighted by atomic mass is 10.1. The van der Waals surface area contributed by atoms with Crippen molar-refractivity contribution in [3.63, 3.8) is 0 Å². The number of rotatable bonds is 6. The molecule has 0 saturated carbocycles. The Labute approximate surface area is 164 Å². The van der Waals surface area contributed by atoms with Crippen LogP contribution in [0.2, 0.25) is 0 Å². The normalized spacial score (nSPS) is 19.1. The van der Waals surface area contributed by atoms with Crippen LogP contribution in [0.5, 0.6) is 0 Å². The van der Waals surface area contributed by atoms with Crippen LogP contribution in [0, 0.1) is 6.92 Å². The van der Waals surface area contributed by atoms with Crippen molar-refractivity contribution < 1.29 is 14.3 Å². The summed E-state index contributed by atoms with van der Waals surface area (Å²) in [5.74, 6) is 0.100. The molecule has 0 N–H and O–H groups in total. The fourth-order valence-electron chi connectivity index (χ4n) is 3.07. The molecule has 1 amide bonds. The fourth-order valence-corrected chi connectivity index (χ4v) is 4.48. The van der Waals surface area contributed by atoms with E-state index in [2.05, 4.69) is 6.92 Å². The number of carbonyl (C=O) groups excluding carboxylic acids is 2. The summed E-state index contributed by atoms with van der Waals surface area (Å²) in [4.78, 5) is 27.7. The van der Waals surface area contributed by atoms with E-state index in [1.807, 2.05) is 61.5 Å². The first-order valence-electron chi connectivity index (χ1n) is 9.34. The van der Waals surface area contributed by atoms with Gasteiger partial charge in [0.05, 0.1) is 6.61 Å². The van der Waals surface area contributed by atoms with Crippen LogP contribution in [-0.4, -0.2) is 35.2 Å². The number of nitrogens with zero attached hydrogens (tertiary/aromatic N) is 1. The molecular formula is C22H25NO3S. The summed E-state index contributed by atoms with van der Waals surface area (Å²) in [5, 5.41) is -0.191. The number of thioether (sulfide) groups is 1. The van der Waals surface area contributed by atoms with E-state index in [-0.39, 0.29) is 17.3 Å². The summed E-state index contributed by atoms with van der Waals surface area (Å²) in [6.07, 6.45) is 1.80. The highest BCUT2D eigenvalue weighted by Gasteiger charge is 2.43. The highest BCUT2D eigenvalue weighted by atomic mass is 32.2. The molecule has 2 atom stereocenters. The number of carbonyl (C=O) groups is 2. The maximum absolute atomic E-state index is 13.3. The number of esters is 1. The van der Waals surface area contributed by atoms with Crippen molar-refractivity contribution in [2.45, 2.75) is 38.1 Å². The fraction of sp³-hybridized carbons (Fsp3) is 0.364. The number of amides is 1. The Bertz CT molecular complexity index is 776. The lowest BCUT2D eigenvalue weighted by molar-refractivity contribution is -0.148. The van der Waals surface area contributed by atoms with Crippen molar-refractivity contribution in [1.82, 2.24) is 4.90 Å². The number of aryl methyl sites for hydroxylation is 1. The van der Waals surface area contributed by atoms with Crippen molar-refractivity contribution in [3.8, 4) is 0 Å². The zero-order valence-electron chi connectivity index (χ0n) is 15.8. The van der Waals surface area contributed by atoms with Crippen molar-refractivity contribution in [3.05, 3.63) is 71.3 Å². The number of hydrogen-bond acceptors (Lipinski definition) is 4. The zero-order valence-corrected chi connectivity index (χ0v) is 16.6. The van der Waals surface area contributed by atoms with Gasteiger partial charge < -0.3 is 9.64 Å². The molecule has 27 heavy (non-hydrogen) atoms. The molecular weight excluding hydrogens is 358 g/mol. The third-order valence-electron chi connectivity index (χ3n) is 4.63. The van der Waals surface area contributed by atoms with E-state index in [1.54, 1.807) is 16.7 Å². The first kappa shape index (κ1) is 19.5. The molecule has 0 radical (unpaired) electrons. The van der Waals surface area contributed by atoms with Crippen molar-refractivity contribution in [1.29, 1.82) is 0 Å². The largest absolute Gasteiger partial charge is 0.464 e. The predicted octanol–water partition coefficient (Wildman–Crippen LogP) is 4.59. The molecule has 2 aromatic rings. The molecule has 0 bridgehead atoms. The maximum atomic E-state index is 13.3. The second-order valence-electron chi connectivity index (χ2n) is 6.71. The SMILES string of the molecule is CCCCOC(=O)C1CSC(c2ccccc2)N1C(=O)c1ccc(C)cc1. The molecule has 0 aromatic heterocycles. The molecule has 4 nitrogen and oxygen atoms in total. The summed E-state index contributed by atoms with van der Waals surface area (Å²) >= 11 is 1.61. The van der Waals surface area contributed by atoms with Crippen molar-refractivity contribution in [2.24, 2.45) is 0 Å². The lowest BCUT2D eigenvalue weighted by Gasteiger charge is -2.28. The second kappa shape index (κ2) is 9.09. The summed E-state index contributed by atoms with van der Waals surface area (Å²) in [6.45, 7) is 4.44. The highest BCUT2D eigenvalue weighted by Crippen LogP contribution is 2.42. The summed E-state index contributed by atoms with van der Waals surface area (Å²) in [5.41, 5.74) is 2.71. The van der Waals surface area contributed by atoms with E-state index in [9.17, 15) is 9.59 Å². The van der Waals surface area contributed by atoms with E-state index >= 15 is 0 Å². The lowest BCUT2D eigenvalue weighted by Crippen LogP contribution is -2.44. The van der Waals surface area contributed by atoms with Gasteiger partial charge in [-0.15, -0.1) is 11.8 Å². The molecule has 0 spiro atoms. The first-order valence-corrected chi connectivity index (χ1v) is 10.4. The van der Waals surface area contributed by atoms with Gasteiger partial charge in [-0.3, -0.25) is 4.79 Å². The number of hydrogen-bond donors (Lipinski definition) is 0. The van der Waals surface area contributed by atoms with Crippen LogP contribution in [0.3, 0.4) is 0 Å². The molecule has 5 heteroatoms. The molecule has 2 aromatic carbocycles. The van der Waals surface area contributed by atoms with E-state index in [4.69, 9.17) is 4.74 Å². The Hall–Kier alpha value is -2.27. The molecule has 1 heterocycles. The number of unbranched alkanes of at least 4 members (excludes halogenated alkanes) is 1. The smallest absolute Gasteiger partial charge is 0.329 e. The Morgan fingerprint density at radius 1 is 1.11 bits per heavy atom. The number of ether oxygens (including phenoxy) is 1. The minimum atomic E-state index is -0.564. The van der Waals surface area contributed by atoms with Gasteiger partial charge >= 0.3 is 5.97 Å². The molecule has 3 rings (SSSR count). The van der Waals surface area contributed by atoms with Gasteiger partial charge in [-0.25, -0.2) is 4.79 Å². The van der Waals surface area contributed by atoms with E-state index in [1.165, 1.54) is 0 Å². The average molecular weight is 384 g/mol. The van der Waals surface area contributed by atoms with Gasteiger partial charge in [-0.05, 0) is 31.0 Å². The molecule has 2 unspecified atom stereocenters. The molecule has 1 fully saturated rings.